The fraction of sp³-hybridized carbons (Fsp3) is 0.0714. The molecule has 0 radical (unpaired) electrons. The zero-order chi connectivity index (χ0) is 14.4. The maximum Gasteiger partial charge on any atom is 0.268 e. The molecular weight excluding hydrogens is 304 g/mol. The van der Waals surface area contributed by atoms with E-state index in [2.05, 4.69) is 15.1 Å². The van der Waals surface area contributed by atoms with Gasteiger partial charge >= 0.3 is 0 Å². The Morgan fingerprint density at radius 3 is 3.00 bits per heavy atom. The topological polar surface area (TPSA) is 77.8 Å². The molecule has 104 valence electrons. The van der Waals surface area contributed by atoms with Crippen LogP contribution in [0.25, 0.3) is 32.4 Å². The summed E-state index contributed by atoms with van der Waals surface area (Å²) < 4.78 is 6.47. The summed E-state index contributed by atoms with van der Waals surface area (Å²) in [6, 6.07) is 5.92. The van der Waals surface area contributed by atoms with Crippen molar-refractivity contribution in [2.75, 3.05) is 5.73 Å². The predicted octanol–water partition coefficient (Wildman–Crippen LogP) is 3.97. The number of fused-ring (bicyclic) bond motifs is 1. The molecule has 0 saturated carbocycles. The molecule has 0 fully saturated rings. The predicted molar refractivity (Wildman–Crippen MR) is 85.4 cm³/mol. The van der Waals surface area contributed by atoms with Crippen LogP contribution in [0.1, 0.15) is 5.56 Å². The lowest BCUT2D eigenvalue weighted by Gasteiger charge is -1.93. The first-order valence-electron chi connectivity index (χ1n) is 6.24. The Labute approximate surface area is 128 Å². The summed E-state index contributed by atoms with van der Waals surface area (Å²) >= 11 is 3.09. The molecule has 0 unspecified atom stereocenters. The van der Waals surface area contributed by atoms with Gasteiger partial charge in [-0.2, -0.15) is 4.98 Å². The van der Waals surface area contributed by atoms with E-state index in [1.54, 1.807) is 17.5 Å². The number of nitrogen functional groups attached to an aromatic ring is 1. The summed E-state index contributed by atoms with van der Waals surface area (Å²) in [5.74, 6) is 1.04. The van der Waals surface area contributed by atoms with E-state index < -0.39 is 0 Å². The van der Waals surface area contributed by atoms with E-state index in [4.69, 9.17) is 10.3 Å². The number of hydrogen-bond donors (Lipinski definition) is 1. The number of aryl methyl sites for hydroxylation is 1. The maximum atomic E-state index is 5.81. The minimum Gasteiger partial charge on any atom is -0.391 e. The van der Waals surface area contributed by atoms with Crippen molar-refractivity contribution in [1.29, 1.82) is 0 Å². The molecule has 5 nitrogen and oxygen atoms in total. The van der Waals surface area contributed by atoms with Crippen LogP contribution in [0.2, 0.25) is 0 Å². The van der Waals surface area contributed by atoms with Gasteiger partial charge < -0.3 is 10.3 Å². The van der Waals surface area contributed by atoms with Crippen LogP contribution >= 0.6 is 22.7 Å². The Kier molecular flexibility index (Phi) is 2.76. The summed E-state index contributed by atoms with van der Waals surface area (Å²) in [7, 11) is 0. The number of nitrogens with zero attached hydrogens (tertiary/aromatic N) is 3. The lowest BCUT2D eigenvalue weighted by Crippen LogP contribution is -1.82. The van der Waals surface area contributed by atoms with Gasteiger partial charge in [0, 0.05) is 11.8 Å². The smallest absolute Gasteiger partial charge is 0.268 e. The Balaban J connectivity index is 1.78. The highest BCUT2D eigenvalue weighted by Gasteiger charge is 2.15. The summed E-state index contributed by atoms with van der Waals surface area (Å²) in [6.45, 7) is 1.98. The van der Waals surface area contributed by atoms with Gasteiger partial charge in [0.15, 0.2) is 0 Å². The van der Waals surface area contributed by atoms with Gasteiger partial charge in [0.05, 0.1) is 20.1 Å². The van der Waals surface area contributed by atoms with Crippen molar-refractivity contribution < 1.29 is 4.52 Å². The summed E-state index contributed by atoms with van der Waals surface area (Å²) in [5, 5.41) is 6.80. The van der Waals surface area contributed by atoms with Gasteiger partial charge in [-0.15, -0.1) is 22.7 Å². The Bertz CT molecular complexity index is 937. The van der Waals surface area contributed by atoms with E-state index in [0.29, 0.717) is 11.7 Å². The molecule has 0 bridgehead atoms. The summed E-state index contributed by atoms with van der Waals surface area (Å²) in [6.07, 6.45) is 1.76. The van der Waals surface area contributed by atoms with Crippen LogP contribution in [0.15, 0.2) is 34.3 Å². The van der Waals surface area contributed by atoms with E-state index >= 15 is 0 Å². The molecule has 0 amide bonds. The van der Waals surface area contributed by atoms with Crippen molar-refractivity contribution in [3.05, 3.63) is 35.3 Å². The zero-order valence-electron chi connectivity index (χ0n) is 11.0. The highest BCUT2D eigenvalue weighted by atomic mass is 32.1. The monoisotopic (exact) mass is 314 g/mol. The molecule has 4 aromatic heterocycles. The van der Waals surface area contributed by atoms with E-state index in [1.165, 1.54) is 11.3 Å². The number of thiophene rings is 2. The Morgan fingerprint density at radius 2 is 2.19 bits per heavy atom. The average molecular weight is 314 g/mol. The molecule has 0 saturated heterocycles. The van der Waals surface area contributed by atoms with E-state index in [1.807, 2.05) is 30.5 Å². The van der Waals surface area contributed by atoms with Crippen molar-refractivity contribution in [1.82, 2.24) is 15.1 Å². The highest BCUT2D eigenvalue weighted by Crippen LogP contribution is 2.34. The normalized spacial score (nSPS) is 11.3. The lowest BCUT2D eigenvalue weighted by atomic mass is 10.2. The number of anilines is 1. The second-order valence-electron chi connectivity index (χ2n) is 4.61. The van der Waals surface area contributed by atoms with Crippen LogP contribution in [0.4, 0.5) is 5.00 Å². The SMILES string of the molecule is Cc1cc(N)sc1-c1nc(-c2cnc3ccsc3c2)no1. The minimum atomic E-state index is 0.496. The highest BCUT2D eigenvalue weighted by molar-refractivity contribution is 7.19. The van der Waals surface area contributed by atoms with Gasteiger partial charge in [-0.1, -0.05) is 5.16 Å². The Morgan fingerprint density at radius 1 is 1.29 bits per heavy atom. The average Bonchev–Trinajstić information content (AvgIpc) is 3.17. The minimum absolute atomic E-state index is 0.496. The van der Waals surface area contributed by atoms with Gasteiger partial charge in [-0.05, 0) is 36.1 Å². The third kappa shape index (κ3) is 2.10. The first-order chi connectivity index (χ1) is 10.2. The molecule has 0 aliphatic rings. The molecule has 0 aliphatic carbocycles. The molecule has 0 aliphatic heterocycles. The number of rotatable bonds is 2. The molecule has 4 rings (SSSR count). The second kappa shape index (κ2) is 4.64. The van der Waals surface area contributed by atoms with E-state index in [0.717, 1.165) is 31.2 Å². The third-order valence-electron chi connectivity index (χ3n) is 3.12. The van der Waals surface area contributed by atoms with Crippen LogP contribution in [0.5, 0.6) is 0 Å². The van der Waals surface area contributed by atoms with Gasteiger partial charge in [-0.3, -0.25) is 4.98 Å². The van der Waals surface area contributed by atoms with Crippen molar-refractivity contribution in [3.63, 3.8) is 0 Å². The van der Waals surface area contributed by atoms with Gasteiger partial charge in [0.1, 0.15) is 0 Å². The van der Waals surface area contributed by atoms with Gasteiger partial charge in [-0.25, -0.2) is 0 Å². The zero-order valence-corrected chi connectivity index (χ0v) is 12.7. The molecule has 21 heavy (non-hydrogen) atoms. The molecule has 4 heterocycles. The second-order valence-corrected chi connectivity index (χ2v) is 6.64. The fourth-order valence-corrected chi connectivity index (χ4v) is 3.76. The standard InChI is InChI=1S/C14H10N4OS2/c1-7-4-11(15)21-12(7)14-17-13(18-19-14)8-5-10-9(16-6-8)2-3-20-10/h2-6H,15H2,1H3. The lowest BCUT2D eigenvalue weighted by molar-refractivity contribution is 0.433. The van der Waals surface area contributed by atoms with Crippen molar-refractivity contribution in [3.8, 4) is 22.2 Å². The van der Waals surface area contributed by atoms with Crippen LogP contribution < -0.4 is 5.73 Å². The van der Waals surface area contributed by atoms with Crippen LogP contribution in [0, 0.1) is 6.92 Å². The van der Waals surface area contributed by atoms with Crippen LogP contribution in [-0.2, 0) is 0 Å². The Hall–Kier alpha value is -2.25. The van der Waals surface area contributed by atoms with Crippen molar-refractivity contribution in [2.45, 2.75) is 6.92 Å². The first kappa shape index (κ1) is 12.5. The third-order valence-corrected chi connectivity index (χ3v) is 5.03. The number of nitrogens with two attached hydrogens (primary N) is 1. The largest absolute Gasteiger partial charge is 0.391 e. The molecule has 0 aromatic carbocycles. The molecule has 0 spiro atoms. The van der Waals surface area contributed by atoms with Crippen molar-refractivity contribution >= 4 is 37.9 Å². The molecule has 0 atom stereocenters. The van der Waals surface area contributed by atoms with Crippen LogP contribution in [-0.4, -0.2) is 15.1 Å². The quantitative estimate of drug-likeness (QED) is 0.606. The first-order valence-corrected chi connectivity index (χ1v) is 7.94. The number of pyridine rings is 1. The van der Waals surface area contributed by atoms with Gasteiger partial charge in [0.2, 0.25) is 5.82 Å². The molecule has 2 N–H and O–H groups in total. The number of hydrogen-bond acceptors (Lipinski definition) is 7. The van der Waals surface area contributed by atoms with E-state index in [9.17, 15) is 0 Å². The summed E-state index contributed by atoms with van der Waals surface area (Å²) in [5.41, 5.74) is 8.68. The van der Waals surface area contributed by atoms with Crippen molar-refractivity contribution in [2.24, 2.45) is 0 Å². The number of aromatic nitrogens is 3. The van der Waals surface area contributed by atoms with Gasteiger partial charge in [0.25, 0.3) is 5.89 Å². The fourth-order valence-electron chi connectivity index (χ4n) is 2.12. The van der Waals surface area contributed by atoms with E-state index in [-0.39, 0.29) is 0 Å². The summed E-state index contributed by atoms with van der Waals surface area (Å²) in [4.78, 5) is 9.76. The molecule has 4 aromatic rings. The molecule has 7 heteroatoms. The maximum absolute atomic E-state index is 5.81. The molecular formula is C14H10N4OS2. The van der Waals surface area contributed by atoms with Crippen LogP contribution in [0.3, 0.4) is 0 Å².